The first-order chi connectivity index (χ1) is 8.56. The molecule has 5 heteroatoms. The molecule has 0 radical (unpaired) electrons. The second-order valence-corrected chi connectivity index (χ2v) is 4.66. The number of rotatable bonds is 3. The van der Waals surface area contributed by atoms with Crippen molar-refractivity contribution < 1.29 is 9.21 Å². The van der Waals surface area contributed by atoms with E-state index < -0.39 is 0 Å². The fraction of sp³-hybridized carbons (Fsp3) is 0.154. The highest BCUT2D eigenvalue weighted by atomic mass is 35.5. The molecule has 0 saturated heterocycles. The molecule has 1 amide bonds. The number of nitrogens with one attached hydrogen (secondary N) is 1. The number of carbonyl (C=O) groups excluding carboxylic acids is 1. The molecule has 2 rings (SSSR count). The van der Waals surface area contributed by atoms with Crippen LogP contribution in [-0.4, -0.2) is 5.91 Å². The second-order valence-electron chi connectivity index (χ2n) is 3.85. The molecule has 0 aliphatic heterocycles. The van der Waals surface area contributed by atoms with E-state index in [4.69, 9.17) is 27.6 Å². The molecular formula is C13H11Cl2NO2. The Hall–Kier alpha value is -1.45. The number of benzene rings is 1. The number of hydrogen-bond acceptors (Lipinski definition) is 2. The summed E-state index contributed by atoms with van der Waals surface area (Å²) in [6, 6.07) is 10.2. The lowest BCUT2D eigenvalue weighted by molar-refractivity contribution is 0.0912. The molecule has 1 atom stereocenters. The molecule has 0 aliphatic carbocycles. The first-order valence-electron chi connectivity index (χ1n) is 5.38. The average molecular weight is 284 g/mol. The maximum absolute atomic E-state index is 11.8. The van der Waals surface area contributed by atoms with Crippen LogP contribution in [0.25, 0.3) is 0 Å². The van der Waals surface area contributed by atoms with Crippen molar-refractivity contribution in [3.05, 3.63) is 58.0 Å². The molecule has 0 saturated carbocycles. The Morgan fingerprint density at radius 3 is 2.67 bits per heavy atom. The monoisotopic (exact) mass is 283 g/mol. The molecule has 18 heavy (non-hydrogen) atoms. The lowest BCUT2D eigenvalue weighted by Crippen LogP contribution is -2.26. The summed E-state index contributed by atoms with van der Waals surface area (Å²) < 4.78 is 5.03. The van der Waals surface area contributed by atoms with Crippen LogP contribution >= 0.6 is 23.2 Å². The van der Waals surface area contributed by atoms with E-state index in [2.05, 4.69) is 5.32 Å². The Labute approximate surface area is 115 Å². The molecule has 0 unspecified atom stereocenters. The van der Waals surface area contributed by atoms with E-state index in [1.165, 1.54) is 12.1 Å². The van der Waals surface area contributed by atoms with Crippen molar-refractivity contribution in [2.45, 2.75) is 13.0 Å². The fourth-order valence-electron chi connectivity index (χ4n) is 1.56. The van der Waals surface area contributed by atoms with Gasteiger partial charge >= 0.3 is 0 Å². The molecule has 1 heterocycles. The zero-order chi connectivity index (χ0) is 13.1. The van der Waals surface area contributed by atoms with Crippen LogP contribution in [0.4, 0.5) is 0 Å². The molecular weight excluding hydrogens is 273 g/mol. The second kappa shape index (κ2) is 5.46. The van der Waals surface area contributed by atoms with Crippen molar-refractivity contribution in [1.29, 1.82) is 0 Å². The van der Waals surface area contributed by atoms with E-state index in [1.54, 1.807) is 6.07 Å². The first-order valence-corrected chi connectivity index (χ1v) is 6.13. The zero-order valence-electron chi connectivity index (χ0n) is 9.61. The smallest absolute Gasteiger partial charge is 0.287 e. The van der Waals surface area contributed by atoms with E-state index in [-0.39, 0.29) is 22.9 Å². The summed E-state index contributed by atoms with van der Waals surface area (Å²) >= 11 is 11.5. The highest BCUT2D eigenvalue weighted by Crippen LogP contribution is 2.19. The van der Waals surface area contributed by atoms with Crippen molar-refractivity contribution in [3.63, 3.8) is 0 Å². The summed E-state index contributed by atoms with van der Waals surface area (Å²) in [6.07, 6.45) is 0. The normalized spacial score (nSPS) is 12.2. The largest absolute Gasteiger partial charge is 0.440 e. The Morgan fingerprint density at radius 2 is 2.06 bits per heavy atom. The van der Waals surface area contributed by atoms with Gasteiger partial charge < -0.3 is 9.73 Å². The zero-order valence-corrected chi connectivity index (χ0v) is 11.1. The van der Waals surface area contributed by atoms with E-state index >= 15 is 0 Å². The number of furan rings is 1. The van der Waals surface area contributed by atoms with Gasteiger partial charge in [-0.25, -0.2) is 0 Å². The third kappa shape index (κ3) is 3.06. The molecule has 1 aromatic heterocycles. The number of hydrogen-bond donors (Lipinski definition) is 1. The van der Waals surface area contributed by atoms with Gasteiger partial charge in [0, 0.05) is 5.02 Å². The van der Waals surface area contributed by atoms with Gasteiger partial charge in [0.25, 0.3) is 5.91 Å². The van der Waals surface area contributed by atoms with E-state index in [0.717, 1.165) is 5.56 Å². The van der Waals surface area contributed by atoms with E-state index in [9.17, 15) is 4.79 Å². The van der Waals surface area contributed by atoms with Crippen LogP contribution in [0.15, 0.2) is 40.8 Å². The lowest BCUT2D eigenvalue weighted by Gasteiger charge is -2.13. The van der Waals surface area contributed by atoms with Gasteiger partial charge in [-0.3, -0.25) is 4.79 Å². The van der Waals surface area contributed by atoms with Gasteiger partial charge in [-0.15, -0.1) is 0 Å². The summed E-state index contributed by atoms with van der Waals surface area (Å²) in [5.41, 5.74) is 0.925. The maximum Gasteiger partial charge on any atom is 0.287 e. The Morgan fingerprint density at radius 1 is 1.28 bits per heavy atom. The minimum absolute atomic E-state index is 0.167. The van der Waals surface area contributed by atoms with Crippen molar-refractivity contribution in [3.8, 4) is 0 Å². The van der Waals surface area contributed by atoms with Gasteiger partial charge in [-0.1, -0.05) is 23.7 Å². The highest BCUT2D eigenvalue weighted by molar-refractivity contribution is 6.30. The van der Waals surface area contributed by atoms with Gasteiger partial charge in [-0.05, 0) is 48.4 Å². The van der Waals surface area contributed by atoms with E-state index in [0.29, 0.717) is 5.02 Å². The predicted octanol–water partition coefficient (Wildman–Crippen LogP) is 4.08. The maximum atomic E-state index is 11.8. The minimum atomic E-state index is -0.311. The molecule has 1 N–H and O–H groups in total. The standard InChI is InChI=1S/C13H11Cl2NO2/c1-8(9-3-2-4-10(14)7-9)16-13(17)11-5-6-12(15)18-11/h2-8H,1H3,(H,16,17)/t8-/m0/s1. The third-order valence-electron chi connectivity index (χ3n) is 2.49. The van der Waals surface area contributed by atoms with E-state index in [1.807, 2.05) is 25.1 Å². The van der Waals surface area contributed by atoms with Crippen LogP contribution in [0, 0.1) is 0 Å². The Bertz CT molecular complexity index is 566. The summed E-state index contributed by atoms with van der Waals surface area (Å²) in [6.45, 7) is 1.87. The van der Waals surface area contributed by atoms with Crippen molar-refractivity contribution in [2.75, 3.05) is 0 Å². The Balaban J connectivity index is 2.07. The lowest BCUT2D eigenvalue weighted by atomic mass is 10.1. The minimum Gasteiger partial charge on any atom is -0.440 e. The topological polar surface area (TPSA) is 42.2 Å². The van der Waals surface area contributed by atoms with Crippen molar-refractivity contribution in [2.24, 2.45) is 0 Å². The van der Waals surface area contributed by atoms with Gasteiger partial charge in [0.2, 0.25) is 0 Å². The average Bonchev–Trinajstić information content (AvgIpc) is 2.76. The van der Waals surface area contributed by atoms with Crippen LogP contribution < -0.4 is 5.32 Å². The molecule has 0 spiro atoms. The van der Waals surface area contributed by atoms with Crippen LogP contribution in [0.1, 0.15) is 29.1 Å². The predicted molar refractivity (Wildman–Crippen MR) is 71.1 cm³/mol. The summed E-state index contributed by atoms with van der Waals surface area (Å²) in [4.78, 5) is 11.8. The Kier molecular flexibility index (Phi) is 3.94. The summed E-state index contributed by atoms with van der Waals surface area (Å²) in [5.74, 6) is -0.122. The number of halogens is 2. The number of carbonyl (C=O) groups is 1. The van der Waals surface area contributed by atoms with Gasteiger partial charge in [0.05, 0.1) is 6.04 Å². The fourth-order valence-corrected chi connectivity index (χ4v) is 1.91. The summed E-state index contributed by atoms with van der Waals surface area (Å²) in [5, 5.41) is 3.63. The molecule has 0 fully saturated rings. The SMILES string of the molecule is C[C@H](NC(=O)c1ccc(Cl)o1)c1cccc(Cl)c1. The molecule has 94 valence electrons. The molecule has 0 bridgehead atoms. The van der Waals surface area contributed by atoms with Gasteiger partial charge in [-0.2, -0.15) is 0 Å². The van der Waals surface area contributed by atoms with Crippen molar-refractivity contribution in [1.82, 2.24) is 5.32 Å². The van der Waals surface area contributed by atoms with Gasteiger partial charge in [0.15, 0.2) is 11.0 Å². The van der Waals surface area contributed by atoms with Crippen LogP contribution in [-0.2, 0) is 0 Å². The van der Waals surface area contributed by atoms with Crippen LogP contribution in [0.2, 0.25) is 10.2 Å². The molecule has 3 nitrogen and oxygen atoms in total. The molecule has 1 aromatic carbocycles. The number of amides is 1. The summed E-state index contributed by atoms with van der Waals surface area (Å²) in [7, 11) is 0. The van der Waals surface area contributed by atoms with Crippen LogP contribution in [0.5, 0.6) is 0 Å². The third-order valence-corrected chi connectivity index (χ3v) is 2.93. The highest BCUT2D eigenvalue weighted by Gasteiger charge is 2.14. The molecule has 0 aliphatic rings. The van der Waals surface area contributed by atoms with Crippen molar-refractivity contribution >= 4 is 29.1 Å². The van der Waals surface area contributed by atoms with Crippen LogP contribution in [0.3, 0.4) is 0 Å². The first kappa shape index (κ1) is 13.0. The van der Waals surface area contributed by atoms with Gasteiger partial charge in [0.1, 0.15) is 0 Å². The molecule has 2 aromatic rings. The quantitative estimate of drug-likeness (QED) is 0.922.